The molecule has 1 aromatic carbocycles. The minimum Gasteiger partial charge on any atom is -0.421 e. The number of benzene rings is 1. The topological polar surface area (TPSA) is 52.6 Å². The van der Waals surface area contributed by atoms with Crippen molar-refractivity contribution in [3.05, 3.63) is 39.9 Å². The van der Waals surface area contributed by atoms with Gasteiger partial charge >= 0.3 is 11.9 Å². The van der Waals surface area contributed by atoms with Gasteiger partial charge in [0.25, 0.3) is 6.29 Å². The van der Waals surface area contributed by atoms with Crippen molar-refractivity contribution in [2.24, 2.45) is 0 Å². The predicted octanol–water partition coefficient (Wildman–Crippen LogP) is 3.69. The molecule has 0 aromatic heterocycles. The lowest BCUT2D eigenvalue weighted by Gasteiger charge is -2.19. The third-order valence-electron chi connectivity index (χ3n) is 2.46. The second-order valence-corrected chi connectivity index (χ2v) is 5.09. The first-order chi connectivity index (χ1) is 9.42. The summed E-state index contributed by atoms with van der Waals surface area (Å²) in [6, 6.07) is 7.65. The van der Waals surface area contributed by atoms with Gasteiger partial charge in [-0.15, -0.1) is 0 Å². The summed E-state index contributed by atoms with van der Waals surface area (Å²) in [7, 11) is 0. The molecule has 0 atom stereocenters. The van der Waals surface area contributed by atoms with E-state index in [4.69, 9.17) is 9.47 Å². The first-order valence-corrected chi connectivity index (χ1v) is 7.02. The third kappa shape index (κ3) is 5.57. The largest absolute Gasteiger partial charge is 0.421 e. The van der Waals surface area contributed by atoms with E-state index in [1.165, 1.54) is 13.8 Å². The SMILES string of the molecule is CC/C(=C\c1cccc(Br)c1)C(OC(C)=O)OC(C)=O. The van der Waals surface area contributed by atoms with Gasteiger partial charge in [0.05, 0.1) is 0 Å². The highest BCUT2D eigenvalue weighted by atomic mass is 79.9. The van der Waals surface area contributed by atoms with Crippen molar-refractivity contribution in [2.45, 2.75) is 33.5 Å². The molecule has 0 aliphatic heterocycles. The van der Waals surface area contributed by atoms with Gasteiger partial charge in [-0.25, -0.2) is 0 Å². The fourth-order valence-corrected chi connectivity index (χ4v) is 2.04. The zero-order valence-corrected chi connectivity index (χ0v) is 13.3. The van der Waals surface area contributed by atoms with E-state index < -0.39 is 18.2 Å². The van der Waals surface area contributed by atoms with Crippen molar-refractivity contribution in [3.63, 3.8) is 0 Å². The quantitative estimate of drug-likeness (QED) is 0.605. The Morgan fingerprint density at radius 3 is 2.30 bits per heavy atom. The minimum atomic E-state index is -0.978. The number of esters is 2. The van der Waals surface area contributed by atoms with E-state index in [0.717, 1.165) is 10.0 Å². The molecule has 0 aliphatic carbocycles. The van der Waals surface area contributed by atoms with Gasteiger partial charge in [-0.2, -0.15) is 0 Å². The van der Waals surface area contributed by atoms with E-state index >= 15 is 0 Å². The van der Waals surface area contributed by atoms with Crippen LogP contribution in [0.1, 0.15) is 32.8 Å². The van der Waals surface area contributed by atoms with Crippen LogP contribution in [0.2, 0.25) is 0 Å². The summed E-state index contributed by atoms with van der Waals surface area (Å²) in [6.45, 7) is 4.47. The van der Waals surface area contributed by atoms with Crippen LogP contribution in [-0.4, -0.2) is 18.2 Å². The average molecular weight is 341 g/mol. The summed E-state index contributed by atoms with van der Waals surface area (Å²) in [6.07, 6.45) is 1.47. The van der Waals surface area contributed by atoms with Crippen molar-refractivity contribution in [2.75, 3.05) is 0 Å². The van der Waals surface area contributed by atoms with Crippen molar-refractivity contribution >= 4 is 33.9 Å². The fraction of sp³-hybridized carbons (Fsp3) is 0.333. The summed E-state index contributed by atoms with van der Waals surface area (Å²) < 4.78 is 11.1. The summed E-state index contributed by atoms with van der Waals surface area (Å²) in [5.74, 6) is -0.991. The lowest BCUT2D eigenvalue weighted by molar-refractivity contribution is -0.178. The normalized spacial score (nSPS) is 11.3. The summed E-state index contributed by atoms with van der Waals surface area (Å²) in [5, 5.41) is 0. The maximum Gasteiger partial charge on any atom is 0.305 e. The molecule has 0 saturated carbocycles. The van der Waals surface area contributed by atoms with E-state index in [0.29, 0.717) is 12.0 Å². The Morgan fingerprint density at radius 1 is 1.25 bits per heavy atom. The van der Waals surface area contributed by atoms with E-state index in [9.17, 15) is 9.59 Å². The fourth-order valence-electron chi connectivity index (χ4n) is 1.62. The zero-order chi connectivity index (χ0) is 15.1. The van der Waals surface area contributed by atoms with Crippen LogP contribution in [0, 0.1) is 0 Å². The van der Waals surface area contributed by atoms with Gasteiger partial charge in [-0.1, -0.05) is 35.0 Å². The number of ether oxygens (including phenoxy) is 2. The molecular weight excluding hydrogens is 324 g/mol. The van der Waals surface area contributed by atoms with Crippen LogP contribution in [0.3, 0.4) is 0 Å². The smallest absolute Gasteiger partial charge is 0.305 e. The maximum atomic E-state index is 11.1. The molecule has 1 rings (SSSR count). The van der Waals surface area contributed by atoms with Crippen molar-refractivity contribution in [1.29, 1.82) is 0 Å². The van der Waals surface area contributed by atoms with Crippen LogP contribution in [0.4, 0.5) is 0 Å². The average Bonchev–Trinajstić information content (AvgIpc) is 2.34. The highest BCUT2D eigenvalue weighted by Crippen LogP contribution is 2.20. The predicted molar refractivity (Wildman–Crippen MR) is 79.7 cm³/mol. The molecular formula is C15H17BrO4. The van der Waals surface area contributed by atoms with Gasteiger partial charge in [0, 0.05) is 23.9 Å². The molecule has 0 fully saturated rings. The number of hydrogen-bond acceptors (Lipinski definition) is 4. The molecule has 5 heteroatoms. The molecule has 0 amide bonds. The maximum absolute atomic E-state index is 11.1. The van der Waals surface area contributed by atoms with Gasteiger partial charge in [0.2, 0.25) is 0 Å². The van der Waals surface area contributed by atoms with Gasteiger partial charge in [-0.3, -0.25) is 9.59 Å². The van der Waals surface area contributed by atoms with E-state index in [1.54, 1.807) is 0 Å². The van der Waals surface area contributed by atoms with Gasteiger partial charge in [0.1, 0.15) is 0 Å². The Balaban J connectivity index is 3.04. The van der Waals surface area contributed by atoms with Gasteiger partial charge in [0.15, 0.2) is 0 Å². The second kappa shape index (κ2) is 7.85. The molecule has 0 spiro atoms. The van der Waals surface area contributed by atoms with Crippen molar-refractivity contribution in [3.8, 4) is 0 Å². The third-order valence-corrected chi connectivity index (χ3v) is 2.95. The van der Waals surface area contributed by atoms with E-state index in [2.05, 4.69) is 15.9 Å². The van der Waals surface area contributed by atoms with E-state index in [-0.39, 0.29) is 0 Å². The zero-order valence-electron chi connectivity index (χ0n) is 11.7. The minimum absolute atomic E-state index is 0.496. The molecule has 0 radical (unpaired) electrons. The monoisotopic (exact) mass is 340 g/mol. The van der Waals surface area contributed by atoms with Crippen LogP contribution in [-0.2, 0) is 19.1 Å². The van der Waals surface area contributed by atoms with Crippen LogP contribution in [0.25, 0.3) is 6.08 Å². The molecule has 4 nitrogen and oxygen atoms in total. The lowest BCUT2D eigenvalue weighted by atomic mass is 10.1. The summed E-state index contributed by atoms with van der Waals surface area (Å²) >= 11 is 3.39. The van der Waals surface area contributed by atoms with Crippen molar-refractivity contribution < 1.29 is 19.1 Å². The van der Waals surface area contributed by atoms with Crippen LogP contribution in [0.5, 0.6) is 0 Å². The standard InChI is InChI=1S/C15H17BrO4/c1-4-13(8-12-6-5-7-14(16)9-12)15(19-10(2)17)20-11(3)18/h5-9,15H,4H2,1-3H3/b13-8+. The molecule has 20 heavy (non-hydrogen) atoms. The number of halogens is 1. The molecule has 0 N–H and O–H groups in total. The molecule has 0 unspecified atom stereocenters. The highest BCUT2D eigenvalue weighted by Gasteiger charge is 2.19. The van der Waals surface area contributed by atoms with Gasteiger partial charge < -0.3 is 9.47 Å². The Labute approximate surface area is 126 Å². The molecule has 0 saturated heterocycles. The number of carbonyl (C=O) groups excluding carboxylic acids is 2. The molecule has 108 valence electrons. The second-order valence-electron chi connectivity index (χ2n) is 4.18. The molecule has 0 aliphatic rings. The van der Waals surface area contributed by atoms with E-state index in [1.807, 2.05) is 37.3 Å². The van der Waals surface area contributed by atoms with Crippen LogP contribution >= 0.6 is 15.9 Å². The Bertz CT molecular complexity index is 506. The summed E-state index contributed by atoms with van der Waals surface area (Å²) in [5.41, 5.74) is 1.65. The van der Waals surface area contributed by atoms with Crippen molar-refractivity contribution in [1.82, 2.24) is 0 Å². The molecule has 1 aromatic rings. The number of hydrogen-bond donors (Lipinski definition) is 0. The molecule has 0 heterocycles. The number of rotatable bonds is 5. The first kappa shape index (κ1) is 16.4. The Hall–Kier alpha value is -1.62. The highest BCUT2D eigenvalue weighted by molar-refractivity contribution is 9.10. The van der Waals surface area contributed by atoms with Gasteiger partial charge in [-0.05, 0) is 30.2 Å². The Kier molecular flexibility index (Phi) is 6.45. The Morgan fingerprint density at radius 2 is 1.85 bits per heavy atom. The number of carbonyl (C=O) groups is 2. The lowest BCUT2D eigenvalue weighted by Crippen LogP contribution is -2.24. The van der Waals surface area contributed by atoms with Crippen LogP contribution in [0.15, 0.2) is 34.3 Å². The van der Waals surface area contributed by atoms with Crippen LogP contribution < -0.4 is 0 Å². The summed E-state index contributed by atoms with van der Waals surface area (Å²) in [4.78, 5) is 22.2. The first-order valence-electron chi connectivity index (χ1n) is 6.22. The molecule has 0 bridgehead atoms.